The van der Waals surface area contributed by atoms with Crippen LogP contribution in [0.15, 0.2) is 48.5 Å². The van der Waals surface area contributed by atoms with Crippen LogP contribution in [0.4, 0.5) is 10.1 Å². The number of carbonyl (C=O) groups excluding carboxylic acids is 1. The first kappa shape index (κ1) is 16.9. The van der Waals surface area contributed by atoms with Gasteiger partial charge in [0.15, 0.2) is 0 Å². The maximum atomic E-state index is 13.8. The molecule has 0 spiro atoms. The van der Waals surface area contributed by atoms with Crippen molar-refractivity contribution in [1.29, 1.82) is 0 Å². The minimum Gasteiger partial charge on any atom is -0.322 e. The predicted octanol–water partition coefficient (Wildman–Crippen LogP) is 4.55. The van der Waals surface area contributed by atoms with Crippen molar-refractivity contribution in [3.63, 3.8) is 0 Å². The average Bonchev–Trinajstić information content (AvgIpc) is 3.41. The molecule has 1 saturated carbocycles. The summed E-state index contributed by atoms with van der Waals surface area (Å²) in [6, 6.07) is 13.9. The van der Waals surface area contributed by atoms with E-state index < -0.39 is 11.9 Å². The van der Waals surface area contributed by atoms with E-state index in [1.165, 1.54) is 23.8 Å². The number of carbonyl (C=O) groups is 1. The van der Waals surface area contributed by atoms with Gasteiger partial charge in [-0.3, -0.25) is 10.1 Å². The third-order valence-corrected chi connectivity index (χ3v) is 4.50. The molecule has 2 atom stereocenters. The Kier molecular flexibility index (Phi) is 5.17. The molecule has 1 aliphatic rings. The van der Waals surface area contributed by atoms with Crippen LogP contribution in [0.25, 0.3) is 0 Å². The third-order valence-electron chi connectivity index (χ3n) is 4.26. The molecule has 1 aliphatic carbocycles. The molecule has 0 heterocycles. The molecule has 0 aromatic heterocycles. The van der Waals surface area contributed by atoms with Gasteiger partial charge < -0.3 is 5.32 Å². The molecule has 1 amide bonds. The van der Waals surface area contributed by atoms with Crippen molar-refractivity contribution in [3.05, 3.63) is 64.9 Å². The highest BCUT2D eigenvalue weighted by molar-refractivity contribution is 6.30. The fourth-order valence-electron chi connectivity index (χ4n) is 2.77. The standard InChI is InChI=1S/C19H20ClFN2O/c1-12(19(24)23-17-11-15(20)9-10-16(17)21)22-18(14-7-8-14)13-5-3-2-4-6-13/h2-6,9-12,14,18,22H,7-8H2,1H3,(H,23,24). The average molecular weight is 347 g/mol. The van der Waals surface area contributed by atoms with Gasteiger partial charge in [-0.2, -0.15) is 0 Å². The lowest BCUT2D eigenvalue weighted by Gasteiger charge is -2.23. The van der Waals surface area contributed by atoms with Gasteiger partial charge in [0, 0.05) is 11.1 Å². The summed E-state index contributed by atoms with van der Waals surface area (Å²) in [5.41, 5.74) is 1.28. The monoisotopic (exact) mass is 346 g/mol. The van der Waals surface area contributed by atoms with Crippen LogP contribution in [0.1, 0.15) is 31.4 Å². The summed E-state index contributed by atoms with van der Waals surface area (Å²) < 4.78 is 13.8. The highest BCUT2D eigenvalue weighted by Crippen LogP contribution is 2.41. The number of hydrogen-bond acceptors (Lipinski definition) is 2. The molecule has 3 rings (SSSR count). The minimum atomic E-state index is -0.498. The first-order chi connectivity index (χ1) is 11.5. The van der Waals surface area contributed by atoms with E-state index in [1.807, 2.05) is 18.2 Å². The smallest absolute Gasteiger partial charge is 0.241 e. The van der Waals surface area contributed by atoms with Crippen LogP contribution in [0.2, 0.25) is 5.02 Å². The molecule has 5 heteroatoms. The molecular weight excluding hydrogens is 327 g/mol. The molecule has 24 heavy (non-hydrogen) atoms. The molecular formula is C19H20ClFN2O. The summed E-state index contributed by atoms with van der Waals surface area (Å²) in [6.45, 7) is 1.79. The van der Waals surface area contributed by atoms with Crippen LogP contribution >= 0.6 is 11.6 Å². The number of rotatable bonds is 6. The Balaban J connectivity index is 1.67. The number of halogens is 2. The number of amides is 1. The van der Waals surface area contributed by atoms with E-state index >= 15 is 0 Å². The van der Waals surface area contributed by atoms with E-state index in [1.54, 1.807) is 6.92 Å². The van der Waals surface area contributed by atoms with Crippen LogP contribution in [0, 0.1) is 11.7 Å². The van der Waals surface area contributed by atoms with Gasteiger partial charge in [-0.05, 0) is 49.4 Å². The van der Waals surface area contributed by atoms with Crippen LogP contribution < -0.4 is 10.6 Å². The molecule has 0 radical (unpaired) electrons. The third kappa shape index (κ3) is 4.13. The van der Waals surface area contributed by atoms with Gasteiger partial charge >= 0.3 is 0 Å². The van der Waals surface area contributed by atoms with E-state index in [0.29, 0.717) is 10.9 Å². The molecule has 2 unspecified atom stereocenters. The summed E-state index contributed by atoms with van der Waals surface area (Å²) in [4.78, 5) is 12.4. The lowest BCUT2D eigenvalue weighted by atomic mass is 10.0. The zero-order valence-corrected chi connectivity index (χ0v) is 14.2. The Morgan fingerprint density at radius 3 is 2.58 bits per heavy atom. The molecule has 2 N–H and O–H groups in total. The Labute approximate surface area is 146 Å². The maximum Gasteiger partial charge on any atom is 0.241 e. The molecule has 2 aromatic carbocycles. The summed E-state index contributed by atoms with van der Waals surface area (Å²) in [5.74, 6) is -0.231. The summed E-state index contributed by atoms with van der Waals surface area (Å²) in [7, 11) is 0. The largest absolute Gasteiger partial charge is 0.322 e. The molecule has 0 saturated heterocycles. The molecule has 3 nitrogen and oxygen atoms in total. The van der Waals surface area contributed by atoms with Crippen LogP contribution in [-0.4, -0.2) is 11.9 Å². The van der Waals surface area contributed by atoms with Crippen molar-refractivity contribution < 1.29 is 9.18 Å². The first-order valence-corrected chi connectivity index (χ1v) is 8.49. The molecule has 1 fully saturated rings. The maximum absolute atomic E-state index is 13.8. The summed E-state index contributed by atoms with van der Waals surface area (Å²) >= 11 is 5.86. The molecule has 2 aromatic rings. The van der Waals surface area contributed by atoms with E-state index in [2.05, 4.69) is 22.8 Å². The van der Waals surface area contributed by atoms with Gasteiger partial charge in [-0.25, -0.2) is 4.39 Å². The molecule has 0 aliphatic heterocycles. The Morgan fingerprint density at radius 1 is 1.21 bits per heavy atom. The number of benzene rings is 2. The lowest BCUT2D eigenvalue weighted by Crippen LogP contribution is -2.41. The van der Waals surface area contributed by atoms with Gasteiger partial charge in [0.2, 0.25) is 5.91 Å². The van der Waals surface area contributed by atoms with E-state index in [9.17, 15) is 9.18 Å². The van der Waals surface area contributed by atoms with Crippen molar-refractivity contribution in [3.8, 4) is 0 Å². The van der Waals surface area contributed by atoms with Crippen molar-refractivity contribution in [2.75, 3.05) is 5.32 Å². The van der Waals surface area contributed by atoms with Crippen molar-refractivity contribution in [2.45, 2.75) is 31.8 Å². The predicted molar refractivity (Wildman–Crippen MR) is 94.5 cm³/mol. The second-order valence-corrected chi connectivity index (χ2v) is 6.66. The number of anilines is 1. The van der Waals surface area contributed by atoms with Crippen LogP contribution in [0.3, 0.4) is 0 Å². The summed E-state index contributed by atoms with van der Waals surface area (Å²) in [6.07, 6.45) is 2.31. The normalized spacial score (nSPS) is 16.5. The highest BCUT2D eigenvalue weighted by atomic mass is 35.5. The topological polar surface area (TPSA) is 41.1 Å². The zero-order chi connectivity index (χ0) is 17.1. The van der Waals surface area contributed by atoms with Crippen molar-refractivity contribution >= 4 is 23.2 Å². The Hall–Kier alpha value is -1.91. The highest BCUT2D eigenvalue weighted by Gasteiger charge is 2.34. The van der Waals surface area contributed by atoms with E-state index in [-0.39, 0.29) is 17.6 Å². The molecule has 126 valence electrons. The van der Waals surface area contributed by atoms with Crippen molar-refractivity contribution in [2.24, 2.45) is 5.92 Å². The van der Waals surface area contributed by atoms with Gasteiger partial charge in [0.05, 0.1) is 11.7 Å². The van der Waals surface area contributed by atoms with Crippen LogP contribution in [-0.2, 0) is 4.79 Å². The number of hydrogen-bond donors (Lipinski definition) is 2. The zero-order valence-electron chi connectivity index (χ0n) is 13.4. The Bertz CT molecular complexity index is 719. The van der Waals surface area contributed by atoms with E-state index in [4.69, 9.17) is 11.6 Å². The second kappa shape index (κ2) is 7.32. The fourth-order valence-corrected chi connectivity index (χ4v) is 2.95. The Morgan fingerprint density at radius 2 is 1.92 bits per heavy atom. The quantitative estimate of drug-likeness (QED) is 0.805. The second-order valence-electron chi connectivity index (χ2n) is 6.23. The first-order valence-electron chi connectivity index (χ1n) is 8.11. The van der Waals surface area contributed by atoms with Crippen molar-refractivity contribution in [1.82, 2.24) is 5.32 Å². The lowest BCUT2D eigenvalue weighted by molar-refractivity contribution is -0.118. The van der Waals surface area contributed by atoms with Gasteiger partial charge in [0.1, 0.15) is 5.82 Å². The minimum absolute atomic E-state index is 0.101. The molecule has 0 bridgehead atoms. The van der Waals surface area contributed by atoms with E-state index in [0.717, 1.165) is 12.8 Å². The summed E-state index contributed by atoms with van der Waals surface area (Å²) in [5, 5.41) is 6.37. The number of nitrogens with one attached hydrogen (secondary N) is 2. The fraction of sp³-hybridized carbons (Fsp3) is 0.316. The van der Waals surface area contributed by atoms with Gasteiger partial charge in [-0.15, -0.1) is 0 Å². The van der Waals surface area contributed by atoms with Gasteiger partial charge in [-0.1, -0.05) is 41.9 Å². The SMILES string of the molecule is CC(NC(c1ccccc1)C1CC1)C(=O)Nc1cc(Cl)ccc1F. The van der Waals surface area contributed by atoms with Gasteiger partial charge in [0.25, 0.3) is 0 Å². The van der Waals surface area contributed by atoms with Crippen LogP contribution in [0.5, 0.6) is 0 Å².